The van der Waals surface area contributed by atoms with Gasteiger partial charge in [0.15, 0.2) is 0 Å². The van der Waals surface area contributed by atoms with Crippen LogP contribution in [0.3, 0.4) is 0 Å². The molecular weight excluding hydrogens is 218 g/mol. The number of nitrogens with zero attached hydrogens (tertiary/aromatic N) is 1. The van der Waals surface area contributed by atoms with E-state index in [9.17, 15) is 0 Å². The van der Waals surface area contributed by atoms with Gasteiger partial charge >= 0.3 is 0 Å². The fourth-order valence-corrected chi connectivity index (χ4v) is 0.854. The summed E-state index contributed by atoms with van der Waals surface area (Å²) in [5.74, 6) is 0.653. The smallest absolute Gasteiger partial charge is 0.122 e. The third-order valence-electron chi connectivity index (χ3n) is 1.52. The van der Waals surface area contributed by atoms with Crippen LogP contribution in [-0.2, 0) is 0 Å². The fourth-order valence-electron chi connectivity index (χ4n) is 0.854. The molecule has 17 heavy (non-hydrogen) atoms. The minimum Gasteiger partial charge on any atom is -0.491 e. The van der Waals surface area contributed by atoms with Crippen molar-refractivity contribution in [1.29, 1.82) is 0 Å². The lowest BCUT2D eigenvalue weighted by molar-refractivity contribution is 0.0535. The Morgan fingerprint density at radius 3 is 2.35 bits per heavy atom. The Bertz CT molecular complexity index is 267. The van der Waals surface area contributed by atoms with E-state index >= 15 is 0 Å². The molecular formula is C13H25NO3. The van der Waals surface area contributed by atoms with Crippen LogP contribution in [0, 0.1) is 6.92 Å². The van der Waals surface area contributed by atoms with Gasteiger partial charge in [0.05, 0.1) is 6.61 Å². The highest BCUT2D eigenvalue weighted by Gasteiger charge is 2.02. The molecule has 0 fully saturated rings. The second-order valence-corrected chi connectivity index (χ2v) is 2.78. The van der Waals surface area contributed by atoms with Crippen LogP contribution in [-0.4, -0.2) is 34.5 Å². The maximum Gasteiger partial charge on any atom is 0.122 e. The van der Waals surface area contributed by atoms with Gasteiger partial charge < -0.3 is 14.9 Å². The van der Waals surface area contributed by atoms with Crippen LogP contribution in [0.4, 0.5) is 0 Å². The lowest BCUT2D eigenvalue weighted by atomic mass is 10.3. The molecule has 0 saturated heterocycles. The average Bonchev–Trinajstić information content (AvgIpc) is 2.40. The van der Waals surface area contributed by atoms with Crippen molar-refractivity contribution in [1.82, 2.24) is 4.98 Å². The van der Waals surface area contributed by atoms with Gasteiger partial charge in [0.25, 0.3) is 0 Å². The maximum absolute atomic E-state index is 9.00. The van der Waals surface area contributed by atoms with Crippen LogP contribution in [0.25, 0.3) is 0 Å². The van der Waals surface area contributed by atoms with Crippen molar-refractivity contribution in [2.75, 3.05) is 13.2 Å². The van der Waals surface area contributed by atoms with Gasteiger partial charge in [-0.25, -0.2) is 0 Å². The summed E-state index contributed by atoms with van der Waals surface area (Å²) in [5.41, 5.74) is 0.857. The number of hydrogen-bond acceptors (Lipinski definition) is 4. The average molecular weight is 243 g/mol. The Labute approximate surface area is 104 Å². The van der Waals surface area contributed by atoms with E-state index in [2.05, 4.69) is 4.98 Å². The van der Waals surface area contributed by atoms with E-state index < -0.39 is 6.10 Å². The summed E-state index contributed by atoms with van der Waals surface area (Å²) in [7, 11) is 0. The Morgan fingerprint density at radius 2 is 1.88 bits per heavy atom. The zero-order valence-electron chi connectivity index (χ0n) is 11.5. The molecule has 1 heterocycles. The molecule has 4 nitrogen and oxygen atoms in total. The summed E-state index contributed by atoms with van der Waals surface area (Å²) < 4.78 is 5.19. The van der Waals surface area contributed by atoms with E-state index in [1.807, 2.05) is 34.6 Å². The molecule has 2 N–H and O–H groups in total. The first-order chi connectivity index (χ1) is 8.22. The standard InChI is InChI=1S/C9H13NO3.2C2H6/c1-7-4-9(2-3-10-7)13-6-8(12)5-11;2*1-2/h2-4,8,11-12H,5-6H2,1H3;2*1-2H3. The molecule has 1 aromatic rings. The molecule has 0 aliphatic rings. The molecule has 0 aromatic carbocycles. The molecule has 0 spiro atoms. The topological polar surface area (TPSA) is 62.6 Å². The summed E-state index contributed by atoms with van der Waals surface area (Å²) >= 11 is 0. The number of ether oxygens (including phenoxy) is 1. The predicted octanol–water partition coefficient (Wildman–Crippen LogP) is 2.17. The number of aliphatic hydroxyl groups is 2. The van der Waals surface area contributed by atoms with Crippen LogP contribution in [0.1, 0.15) is 33.4 Å². The monoisotopic (exact) mass is 243 g/mol. The number of rotatable bonds is 4. The second kappa shape index (κ2) is 12.9. The van der Waals surface area contributed by atoms with Crippen LogP contribution in [0.2, 0.25) is 0 Å². The van der Waals surface area contributed by atoms with Gasteiger partial charge in [-0.05, 0) is 13.0 Å². The van der Waals surface area contributed by atoms with Crippen molar-refractivity contribution in [3.05, 3.63) is 24.0 Å². The minimum absolute atomic E-state index is 0.0972. The molecule has 4 heteroatoms. The third kappa shape index (κ3) is 9.78. The van der Waals surface area contributed by atoms with E-state index in [-0.39, 0.29) is 13.2 Å². The first-order valence-electron chi connectivity index (χ1n) is 6.06. The summed E-state index contributed by atoms with van der Waals surface area (Å²) in [5, 5.41) is 17.5. The number of aryl methyl sites for hydroxylation is 1. The SMILES string of the molecule is CC.CC.Cc1cc(OCC(O)CO)ccn1. The van der Waals surface area contributed by atoms with Gasteiger partial charge in [0.2, 0.25) is 0 Å². The van der Waals surface area contributed by atoms with Crippen LogP contribution in [0.15, 0.2) is 18.3 Å². The van der Waals surface area contributed by atoms with Crippen molar-refractivity contribution in [3.63, 3.8) is 0 Å². The molecule has 0 aliphatic heterocycles. The van der Waals surface area contributed by atoms with Crippen LogP contribution in [0.5, 0.6) is 5.75 Å². The maximum atomic E-state index is 9.00. The zero-order chi connectivity index (χ0) is 13.7. The van der Waals surface area contributed by atoms with Crippen molar-refractivity contribution < 1.29 is 14.9 Å². The Hall–Kier alpha value is -1.13. The number of aromatic nitrogens is 1. The van der Waals surface area contributed by atoms with Gasteiger partial charge in [-0.2, -0.15) is 0 Å². The van der Waals surface area contributed by atoms with Gasteiger partial charge in [0, 0.05) is 18.0 Å². The van der Waals surface area contributed by atoms with Gasteiger partial charge in [-0.1, -0.05) is 27.7 Å². The molecule has 1 atom stereocenters. The Morgan fingerprint density at radius 1 is 1.29 bits per heavy atom. The van der Waals surface area contributed by atoms with E-state index in [0.29, 0.717) is 5.75 Å². The molecule has 1 aromatic heterocycles. The molecule has 1 rings (SSSR count). The quantitative estimate of drug-likeness (QED) is 0.850. The number of pyridine rings is 1. The van der Waals surface area contributed by atoms with Crippen molar-refractivity contribution in [3.8, 4) is 5.75 Å². The van der Waals surface area contributed by atoms with Gasteiger partial charge in [-0.3, -0.25) is 4.98 Å². The molecule has 0 amide bonds. The highest BCUT2D eigenvalue weighted by molar-refractivity contribution is 5.21. The summed E-state index contributed by atoms with van der Waals surface area (Å²) in [6.45, 7) is 9.67. The third-order valence-corrected chi connectivity index (χ3v) is 1.52. The first-order valence-corrected chi connectivity index (χ1v) is 6.06. The predicted molar refractivity (Wildman–Crippen MR) is 70.3 cm³/mol. The van der Waals surface area contributed by atoms with Crippen molar-refractivity contribution in [2.45, 2.75) is 40.7 Å². The van der Waals surface area contributed by atoms with E-state index in [4.69, 9.17) is 14.9 Å². The zero-order valence-corrected chi connectivity index (χ0v) is 11.5. The number of hydrogen-bond donors (Lipinski definition) is 2. The van der Waals surface area contributed by atoms with E-state index in [0.717, 1.165) is 5.69 Å². The molecule has 0 saturated carbocycles. The lowest BCUT2D eigenvalue weighted by Gasteiger charge is -2.09. The first kappa shape index (κ1) is 18.2. The van der Waals surface area contributed by atoms with Gasteiger partial charge in [0.1, 0.15) is 18.5 Å². The molecule has 1 unspecified atom stereocenters. The van der Waals surface area contributed by atoms with Crippen molar-refractivity contribution >= 4 is 0 Å². The highest BCUT2D eigenvalue weighted by atomic mass is 16.5. The molecule has 0 bridgehead atoms. The summed E-state index contributed by atoms with van der Waals surface area (Å²) in [6.07, 6.45) is 0.809. The Kier molecular flexibility index (Phi) is 13.9. The normalized spacial score (nSPS) is 10.3. The molecule has 0 aliphatic carbocycles. The summed E-state index contributed by atoms with van der Waals surface area (Å²) in [4.78, 5) is 4.00. The second-order valence-electron chi connectivity index (χ2n) is 2.78. The minimum atomic E-state index is -0.825. The molecule has 100 valence electrons. The van der Waals surface area contributed by atoms with Crippen LogP contribution >= 0.6 is 0 Å². The summed E-state index contributed by atoms with van der Waals surface area (Å²) in [6, 6.07) is 3.47. The lowest BCUT2D eigenvalue weighted by Crippen LogP contribution is -2.21. The molecule has 0 radical (unpaired) electrons. The van der Waals surface area contributed by atoms with E-state index in [1.165, 1.54) is 0 Å². The largest absolute Gasteiger partial charge is 0.491 e. The van der Waals surface area contributed by atoms with Crippen LogP contribution < -0.4 is 4.74 Å². The fraction of sp³-hybridized carbons (Fsp3) is 0.615. The van der Waals surface area contributed by atoms with E-state index in [1.54, 1.807) is 18.3 Å². The Balaban J connectivity index is 0. The highest BCUT2D eigenvalue weighted by Crippen LogP contribution is 2.09. The number of aliphatic hydroxyl groups excluding tert-OH is 2. The van der Waals surface area contributed by atoms with Crippen molar-refractivity contribution in [2.24, 2.45) is 0 Å². The van der Waals surface area contributed by atoms with Gasteiger partial charge in [-0.15, -0.1) is 0 Å².